The Morgan fingerprint density at radius 1 is 1.33 bits per heavy atom. The summed E-state index contributed by atoms with van der Waals surface area (Å²) in [5, 5.41) is 9.94. The van der Waals surface area contributed by atoms with Crippen molar-refractivity contribution in [3.63, 3.8) is 0 Å². The van der Waals surface area contributed by atoms with Crippen LogP contribution in [0.15, 0.2) is 36.0 Å². The lowest BCUT2D eigenvalue weighted by molar-refractivity contribution is -0.132. The molecule has 3 rings (SSSR count). The van der Waals surface area contributed by atoms with Gasteiger partial charge < -0.3 is 5.11 Å². The highest BCUT2D eigenvalue weighted by molar-refractivity contribution is 8.01. The molecular weight excluding hydrogens is 208 g/mol. The van der Waals surface area contributed by atoms with Crippen molar-refractivity contribution in [3.8, 4) is 0 Å². The van der Waals surface area contributed by atoms with E-state index in [0.29, 0.717) is 27.9 Å². The Morgan fingerprint density at radius 3 is 2.93 bits per heavy atom. The van der Waals surface area contributed by atoms with Gasteiger partial charge in [0.05, 0.1) is 0 Å². The van der Waals surface area contributed by atoms with Crippen LogP contribution in [0.1, 0.15) is 6.42 Å². The van der Waals surface area contributed by atoms with Crippen molar-refractivity contribution in [3.05, 3.63) is 36.0 Å². The standard InChI is InChI=1S/C12H12O2S/c13-12(14)7-5-9-8-3-1-2-4-10(8)15-11(9)6-7/h1-4,6,8-11H,5H2,(H,13,14). The summed E-state index contributed by atoms with van der Waals surface area (Å²) in [6.07, 6.45) is 11.4. The first-order valence-electron chi connectivity index (χ1n) is 5.20. The summed E-state index contributed by atoms with van der Waals surface area (Å²) < 4.78 is 0. The molecule has 1 heterocycles. The van der Waals surface area contributed by atoms with Crippen LogP contribution in [0.5, 0.6) is 0 Å². The first kappa shape index (κ1) is 9.28. The Kier molecular flexibility index (Phi) is 2.02. The molecule has 1 fully saturated rings. The lowest BCUT2D eigenvalue weighted by Gasteiger charge is -2.19. The minimum absolute atomic E-state index is 0.415. The summed E-state index contributed by atoms with van der Waals surface area (Å²) in [5.74, 6) is 0.308. The molecule has 0 aromatic heterocycles. The van der Waals surface area contributed by atoms with E-state index in [4.69, 9.17) is 5.11 Å². The molecule has 3 heteroatoms. The topological polar surface area (TPSA) is 37.3 Å². The molecule has 0 radical (unpaired) electrons. The van der Waals surface area contributed by atoms with E-state index < -0.39 is 5.97 Å². The minimum atomic E-state index is -0.739. The summed E-state index contributed by atoms with van der Waals surface area (Å²) >= 11 is 1.91. The van der Waals surface area contributed by atoms with Gasteiger partial charge in [-0.1, -0.05) is 30.4 Å². The number of fused-ring (bicyclic) bond motifs is 3. The zero-order chi connectivity index (χ0) is 10.4. The highest BCUT2D eigenvalue weighted by Gasteiger charge is 2.45. The first-order valence-corrected chi connectivity index (χ1v) is 6.14. The summed E-state index contributed by atoms with van der Waals surface area (Å²) in [6, 6.07) is 0. The molecule has 15 heavy (non-hydrogen) atoms. The van der Waals surface area contributed by atoms with Crippen molar-refractivity contribution in [2.45, 2.75) is 16.9 Å². The van der Waals surface area contributed by atoms with Crippen LogP contribution < -0.4 is 0 Å². The molecule has 1 saturated heterocycles. The zero-order valence-corrected chi connectivity index (χ0v) is 8.98. The Hall–Kier alpha value is -0.960. The average Bonchev–Trinajstić information content (AvgIpc) is 2.73. The van der Waals surface area contributed by atoms with Crippen molar-refractivity contribution in [2.24, 2.45) is 11.8 Å². The molecule has 1 N–H and O–H groups in total. The largest absolute Gasteiger partial charge is 0.478 e. The molecule has 1 aliphatic heterocycles. The molecule has 0 spiro atoms. The van der Waals surface area contributed by atoms with E-state index >= 15 is 0 Å². The van der Waals surface area contributed by atoms with Gasteiger partial charge in [0.15, 0.2) is 0 Å². The van der Waals surface area contributed by atoms with Crippen LogP contribution in [0.2, 0.25) is 0 Å². The van der Waals surface area contributed by atoms with E-state index in [2.05, 4.69) is 24.3 Å². The van der Waals surface area contributed by atoms with Crippen LogP contribution in [-0.4, -0.2) is 21.6 Å². The fraction of sp³-hybridized carbons (Fsp3) is 0.417. The van der Waals surface area contributed by atoms with Gasteiger partial charge in [-0.2, -0.15) is 0 Å². The fourth-order valence-electron chi connectivity index (χ4n) is 2.72. The second-order valence-corrected chi connectivity index (χ2v) is 5.64. The number of carboxylic acids is 1. The summed E-state index contributed by atoms with van der Waals surface area (Å²) in [4.78, 5) is 10.9. The van der Waals surface area contributed by atoms with E-state index in [1.54, 1.807) is 0 Å². The van der Waals surface area contributed by atoms with Crippen molar-refractivity contribution < 1.29 is 9.90 Å². The van der Waals surface area contributed by atoms with Crippen LogP contribution in [0.3, 0.4) is 0 Å². The predicted octanol–water partition coefficient (Wildman–Crippen LogP) is 2.24. The van der Waals surface area contributed by atoms with E-state index in [1.807, 2.05) is 17.8 Å². The molecule has 0 amide bonds. The molecule has 0 aromatic rings. The number of carbonyl (C=O) groups is 1. The zero-order valence-electron chi connectivity index (χ0n) is 8.17. The summed E-state index contributed by atoms with van der Waals surface area (Å²) in [5.41, 5.74) is 0.610. The van der Waals surface area contributed by atoms with Gasteiger partial charge in [-0.15, -0.1) is 11.8 Å². The maximum atomic E-state index is 10.9. The van der Waals surface area contributed by atoms with Gasteiger partial charge in [0.2, 0.25) is 0 Å². The summed E-state index contributed by atoms with van der Waals surface area (Å²) in [6.45, 7) is 0. The molecular formula is C12H12O2S. The van der Waals surface area contributed by atoms with Crippen LogP contribution in [0, 0.1) is 11.8 Å². The Morgan fingerprint density at radius 2 is 2.13 bits per heavy atom. The molecule has 0 saturated carbocycles. The quantitative estimate of drug-likeness (QED) is 0.736. The van der Waals surface area contributed by atoms with Crippen LogP contribution in [0.4, 0.5) is 0 Å². The SMILES string of the molecule is O=C(O)C1=CC2SC3C=CC=CC3C2C1. The number of hydrogen-bond donors (Lipinski definition) is 1. The number of rotatable bonds is 1. The van der Waals surface area contributed by atoms with Crippen molar-refractivity contribution in [1.29, 1.82) is 0 Å². The third-order valence-electron chi connectivity index (χ3n) is 3.45. The van der Waals surface area contributed by atoms with Crippen LogP contribution in [-0.2, 0) is 4.79 Å². The van der Waals surface area contributed by atoms with Gasteiger partial charge in [0.25, 0.3) is 0 Å². The number of aliphatic carboxylic acids is 1. The molecule has 2 aliphatic carbocycles. The Bertz CT molecular complexity index is 394. The second-order valence-electron chi connectivity index (χ2n) is 4.28. The van der Waals surface area contributed by atoms with Crippen molar-refractivity contribution >= 4 is 17.7 Å². The van der Waals surface area contributed by atoms with Gasteiger partial charge in [-0.25, -0.2) is 4.79 Å². The van der Waals surface area contributed by atoms with Gasteiger partial charge in [-0.3, -0.25) is 0 Å². The Labute approximate surface area is 92.7 Å². The number of thioether (sulfide) groups is 1. The Balaban J connectivity index is 1.86. The normalized spacial score (nSPS) is 41.2. The monoisotopic (exact) mass is 220 g/mol. The molecule has 4 unspecified atom stereocenters. The minimum Gasteiger partial charge on any atom is -0.478 e. The van der Waals surface area contributed by atoms with Crippen LogP contribution in [0.25, 0.3) is 0 Å². The molecule has 0 aromatic carbocycles. The summed E-state index contributed by atoms with van der Waals surface area (Å²) in [7, 11) is 0. The third-order valence-corrected chi connectivity index (χ3v) is 5.04. The average molecular weight is 220 g/mol. The third kappa shape index (κ3) is 1.37. The van der Waals surface area contributed by atoms with Gasteiger partial charge in [-0.05, 0) is 18.3 Å². The number of carboxylic acid groups (broad SMARTS) is 1. The van der Waals surface area contributed by atoms with Gasteiger partial charge in [0.1, 0.15) is 0 Å². The highest BCUT2D eigenvalue weighted by atomic mass is 32.2. The van der Waals surface area contributed by atoms with Gasteiger partial charge >= 0.3 is 5.97 Å². The number of hydrogen-bond acceptors (Lipinski definition) is 2. The lowest BCUT2D eigenvalue weighted by Crippen LogP contribution is -2.18. The fourth-order valence-corrected chi connectivity index (χ4v) is 4.46. The second kappa shape index (κ2) is 3.27. The molecule has 2 nitrogen and oxygen atoms in total. The maximum absolute atomic E-state index is 10.9. The smallest absolute Gasteiger partial charge is 0.331 e. The van der Waals surface area contributed by atoms with E-state index in [1.165, 1.54) is 0 Å². The molecule has 3 aliphatic rings. The number of allylic oxidation sites excluding steroid dienone is 3. The van der Waals surface area contributed by atoms with E-state index in [0.717, 1.165) is 6.42 Å². The highest BCUT2D eigenvalue weighted by Crippen LogP contribution is 2.52. The van der Waals surface area contributed by atoms with E-state index in [-0.39, 0.29) is 0 Å². The molecule has 78 valence electrons. The van der Waals surface area contributed by atoms with Gasteiger partial charge in [0, 0.05) is 16.1 Å². The predicted molar refractivity (Wildman–Crippen MR) is 60.8 cm³/mol. The van der Waals surface area contributed by atoms with Crippen molar-refractivity contribution in [1.82, 2.24) is 0 Å². The maximum Gasteiger partial charge on any atom is 0.331 e. The lowest BCUT2D eigenvalue weighted by atomic mass is 9.85. The molecule has 4 atom stereocenters. The van der Waals surface area contributed by atoms with E-state index in [9.17, 15) is 4.79 Å². The first-order chi connectivity index (χ1) is 7.25. The molecule has 0 bridgehead atoms. The van der Waals surface area contributed by atoms with Crippen LogP contribution >= 0.6 is 11.8 Å². The van der Waals surface area contributed by atoms with Crippen molar-refractivity contribution in [2.75, 3.05) is 0 Å².